The predicted octanol–water partition coefficient (Wildman–Crippen LogP) is 2.81. The second-order valence-corrected chi connectivity index (χ2v) is 8.31. The van der Waals surface area contributed by atoms with Gasteiger partial charge < -0.3 is 15.2 Å². The van der Waals surface area contributed by atoms with Crippen LogP contribution in [0.3, 0.4) is 0 Å². The maximum absolute atomic E-state index is 12.7. The standard InChI is InChI=1S/C19H21ClN2O6S/c1-12-10-16(28-2)17(11-14(12)20)29(26,27)22-15(19(24)25)8-9-18(23)21-13-6-4-3-5-7-13/h3-7,10-11,15,22H,8-9H2,1-2H3,(H,21,23)(H,24,25)/t15-/m0/s1. The largest absolute Gasteiger partial charge is 0.495 e. The van der Waals surface area contributed by atoms with E-state index in [1.54, 1.807) is 37.3 Å². The first-order valence-corrected chi connectivity index (χ1v) is 10.4. The van der Waals surface area contributed by atoms with E-state index in [-0.39, 0.29) is 28.5 Å². The fourth-order valence-corrected chi connectivity index (χ4v) is 4.14. The van der Waals surface area contributed by atoms with Crippen molar-refractivity contribution in [3.8, 4) is 5.75 Å². The summed E-state index contributed by atoms with van der Waals surface area (Å²) in [4.78, 5) is 23.3. The summed E-state index contributed by atoms with van der Waals surface area (Å²) in [7, 11) is -2.97. The molecule has 10 heteroatoms. The summed E-state index contributed by atoms with van der Waals surface area (Å²) in [6.45, 7) is 1.68. The highest BCUT2D eigenvalue weighted by atomic mass is 35.5. The molecule has 0 aliphatic heterocycles. The first-order valence-electron chi connectivity index (χ1n) is 8.58. The molecule has 0 aromatic heterocycles. The van der Waals surface area contributed by atoms with Gasteiger partial charge >= 0.3 is 5.97 Å². The summed E-state index contributed by atoms with van der Waals surface area (Å²) in [5.41, 5.74) is 1.17. The van der Waals surface area contributed by atoms with Gasteiger partial charge in [-0.15, -0.1) is 0 Å². The average molecular weight is 441 g/mol. The molecule has 0 bridgehead atoms. The first-order chi connectivity index (χ1) is 13.6. The Bertz CT molecular complexity index is 995. The Hall–Kier alpha value is -2.62. The third kappa shape index (κ3) is 6.18. The Morgan fingerprint density at radius 2 is 1.86 bits per heavy atom. The summed E-state index contributed by atoms with van der Waals surface area (Å²) in [6.07, 6.45) is -0.435. The van der Waals surface area contributed by atoms with Crippen LogP contribution in [0.1, 0.15) is 18.4 Å². The van der Waals surface area contributed by atoms with Gasteiger partial charge in [0.25, 0.3) is 0 Å². The van der Waals surface area contributed by atoms with Crippen molar-refractivity contribution in [2.45, 2.75) is 30.7 Å². The molecule has 2 rings (SSSR count). The zero-order chi connectivity index (χ0) is 21.6. The summed E-state index contributed by atoms with van der Waals surface area (Å²) in [5.74, 6) is -1.80. The molecular weight excluding hydrogens is 420 g/mol. The Kier molecular flexibility index (Phi) is 7.60. The molecule has 8 nitrogen and oxygen atoms in total. The molecule has 0 saturated heterocycles. The lowest BCUT2D eigenvalue weighted by atomic mass is 10.1. The highest BCUT2D eigenvalue weighted by Gasteiger charge is 2.28. The Morgan fingerprint density at radius 1 is 1.21 bits per heavy atom. The molecule has 3 N–H and O–H groups in total. The monoisotopic (exact) mass is 440 g/mol. The van der Waals surface area contributed by atoms with Gasteiger partial charge in [0.2, 0.25) is 15.9 Å². The number of sulfonamides is 1. The van der Waals surface area contributed by atoms with Gasteiger partial charge in [-0.2, -0.15) is 4.72 Å². The minimum atomic E-state index is -4.27. The van der Waals surface area contributed by atoms with Crippen molar-refractivity contribution in [1.82, 2.24) is 4.72 Å². The molecule has 0 unspecified atom stereocenters. The number of halogens is 1. The number of carboxylic acid groups (broad SMARTS) is 1. The second-order valence-electron chi connectivity index (χ2n) is 6.22. The highest BCUT2D eigenvalue weighted by Crippen LogP contribution is 2.30. The van der Waals surface area contributed by atoms with Gasteiger partial charge in [0.15, 0.2) is 0 Å². The Labute approximate surface area is 173 Å². The summed E-state index contributed by atoms with van der Waals surface area (Å²) in [5, 5.41) is 12.2. The molecular formula is C19H21ClN2O6S. The van der Waals surface area contributed by atoms with Crippen LogP contribution in [0.15, 0.2) is 47.4 Å². The number of anilines is 1. The number of amides is 1. The van der Waals surface area contributed by atoms with Gasteiger partial charge in [-0.3, -0.25) is 9.59 Å². The second kappa shape index (κ2) is 9.73. The van der Waals surface area contributed by atoms with E-state index in [2.05, 4.69) is 10.0 Å². The van der Waals surface area contributed by atoms with Crippen LogP contribution in [0, 0.1) is 6.92 Å². The van der Waals surface area contributed by atoms with Crippen molar-refractivity contribution in [2.24, 2.45) is 0 Å². The van der Waals surface area contributed by atoms with E-state index in [0.717, 1.165) is 0 Å². The van der Waals surface area contributed by atoms with E-state index in [0.29, 0.717) is 11.3 Å². The van der Waals surface area contributed by atoms with Gasteiger partial charge in [-0.05, 0) is 43.2 Å². The summed E-state index contributed by atoms with van der Waals surface area (Å²) >= 11 is 6.01. The Morgan fingerprint density at radius 3 is 2.45 bits per heavy atom. The minimum absolute atomic E-state index is 0.0327. The molecule has 2 aromatic carbocycles. The fraction of sp³-hybridized carbons (Fsp3) is 0.263. The number of aliphatic carboxylic acids is 1. The van der Waals surface area contributed by atoms with Crippen LogP contribution < -0.4 is 14.8 Å². The third-order valence-electron chi connectivity index (χ3n) is 4.05. The molecule has 1 amide bonds. The van der Waals surface area contributed by atoms with Crippen LogP contribution in [0.25, 0.3) is 0 Å². The van der Waals surface area contributed by atoms with Gasteiger partial charge in [0.1, 0.15) is 16.7 Å². The average Bonchev–Trinajstić information content (AvgIpc) is 2.67. The molecule has 156 valence electrons. The molecule has 0 spiro atoms. The van der Waals surface area contributed by atoms with E-state index < -0.39 is 27.9 Å². The number of carbonyl (C=O) groups excluding carboxylic acids is 1. The normalized spacial score (nSPS) is 12.2. The lowest BCUT2D eigenvalue weighted by Gasteiger charge is -2.17. The molecule has 29 heavy (non-hydrogen) atoms. The number of aryl methyl sites for hydroxylation is 1. The molecule has 0 fully saturated rings. The maximum atomic E-state index is 12.7. The number of carbonyl (C=O) groups is 2. The quantitative estimate of drug-likeness (QED) is 0.551. The van der Waals surface area contributed by atoms with Crippen molar-refractivity contribution in [1.29, 1.82) is 0 Å². The van der Waals surface area contributed by atoms with Crippen LogP contribution in [0.4, 0.5) is 5.69 Å². The van der Waals surface area contributed by atoms with Crippen molar-refractivity contribution in [2.75, 3.05) is 12.4 Å². The van der Waals surface area contributed by atoms with Crippen molar-refractivity contribution in [3.05, 3.63) is 53.1 Å². The van der Waals surface area contributed by atoms with E-state index in [1.807, 2.05) is 0 Å². The van der Waals surface area contributed by atoms with Crippen LogP contribution in [0.5, 0.6) is 5.75 Å². The van der Waals surface area contributed by atoms with Gasteiger partial charge in [0, 0.05) is 17.1 Å². The fourth-order valence-electron chi connectivity index (χ4n) is 2.51. The topological polar surface area (TPSA) is 122 Å². The number of nitrogens with one attached hydrogen (secondary N) is 2. The minimum Gasteiger partial charge on any atom is -0.495 e. The van der Waals surface area contributed by atoms with Gasteiger partial charge in [-0.1, -0.05) is 29.8 Å². The van der Waals surface area contributed by atoms with E-state index >= 15 is 0 Å². The van der Waals surface area contributed by atoms with Crippen molar-refractivity contribution >= 4 is 39.2 Å². The summed E-state index contributed by atoms with van der Waals surface area (Å²) in [6, 6.07) is 9.76. The molecule has 0 aliphatic rings. The molecule has 0 saturated carbocycles. The molecule has 0 aliphatic carbocycles. The van der Waals surface area contributed by atoms with E-state index in [9.17, 15) is 23.1 Å². The number of para-hydroxylation sites is 1. The van der Waals surface area contributed by atoms with Gasteiger partial charge in [-0.25, -0.2) is 8.42 Å². The zero-order valence-corrected chi connectivity index (χ0v) is 17.4. The number of hydrogen-bond acceptors (Lipinski definition) is 5. The Balaban J connectivity index is 2.12. The zero-order valence-electron chi connectivity index (χ0n) is 15.8. The number of rotatable bonds is 9. The van der Waals surface area contributed by atoms with Crippen LogP contribution in [-0.4, -0.2) is 38.6 Å². The van der Waals surface area contributed by atoms with Crippen LogP contribution >= 0.6 is 11.6 Å². The molecule has 1 atom stereocenters. The third-order valence-corrected chi connectivity index (χ3v) is 5.95. The first kappa shape index (κ1) is 22.7. The van der Waals surface area contributed by atoms with Crippen LogP contribution in [0.2, 0.25) is 5.02 Å². The highest BCUT2D eigenvalue weighted by molar-refractivity contribution is 7.89. The maximum Gasteiger partial charge on any atom is 0.321 e. The number of methoxy groups -OCH3 is 1. The van der Waals surface area contributed by atoms with Crippen molar-refractivity contribution in [3.63, 3.8) is 0 Å². The number of ether oxygens (including phenoxy) is 1. The van der Waals surface area contributed by atoms with E-state index in [1.165, 1.54) is 19.2 Å². The lowest BCUT2D eigenvalue weighted by Crippen LogP contribution is -2.41. The number of hydrogen-bond donors (Lipinski definition) is 3. The predicted molar refractivity (Wildman–Crippen MR) is 109 cm³/mol. The van der Waals surface area contributed by atoms with Gasteiger partial charge in [0.05, 0.1) is 7.11 Å². The molecule has 0 radical (unpaired) electrons. The smallest absolute Gasteiger partial charge is 0.321 e. The van der Waals surface area contributed by atoms with E-state index in [4.69, 9.17) is 16.3 Å². The summed E-state index contributed by atoms with van der Waals surface area (Å²) < 4.78 is 32.6. The number of carboxylic acids is 1. The SMILES string of the molecule is COc1cc(C)c(Cl)cc1S(=O)(=O)N[C@@H](CCC(=O)Nc1ccccc1)C(=O)O. The van der Waals surface area contributed by atoms with Crippen LogP contribution in [-0.2, 0) is 19.6 Å². The molecule has 0 heterocycles. The number of benzene rings is 2. The molecule has 2 aromatic rings. The van der Waals surface area contributed by atoms with Crippen molar-refractivity contribution < 1.29 is 27.9 Å². The lowest BCUT2D eigenvalue weighted by molar-refractivity contribution is -0.139.